The molecule has 0 atom stereocenters. The van der Waals surface area contributed by atoms with Crippen LogP contribution >= 0.6 is 0 Å². The van der Waals surface area contributed by atoms with Crippen molar-refractivity contribution in [3.63, 3.8) is 0 Å². The fourth-order valence-corrected chi connectivity index (χ4v) is 1.91. The van der Waals surface area contributed by atoms with Crippen LogP contribution in [0.25, 0.3) is 6.08 Å². The van der Waals surface area contributed by atoms with E-state index in [4.69, 9.17) is 0 Å². The van der Waals surface area contributed by atoms with Gasteiger partial charge in [-0.15, -0.1) is 0 Å². The minimum absolute atomic E-state index is 0.0890. The average molecular weight is 296 g/mol. The first-order chi connectivity index (χ1) is 10.6. The number of nitrogens with one attached hydrogen (secondary N) is 1. The number of amides is 1. The van der Waals surface area contributed by atoms with E-state index in [1.165, 1.54) is 12.5 Å². The van der Waals surface area contributed by atoms with Gasteiger partial charge in [0.05, 0.1) is 5.69 Å². The zero-order chi connectivity index (χ0) is 15.8. The number of aliphatic imine (C=N–C) groups is 1. The Hall–Kier alpha value is -2.69. The molecule has 0 aliphatic carbocycles. The van der Waals surface area contributed by atoms with Crippen LogP contribution in [0.5, 0.6) is 0 Å². The Morgan fingerprint density at radius 2 is 2.14 bits per heavy atom. The van der Waals surface area contributed by atoms with Crippen molar-refractivity contribution in [1.82, 2.24) is 15.1 Å². The number of nitrogens with zero attached hydrogens (tertiary/aromatic N) is 3. The Kier molecular flexibility index (Phi) is 5.65. The molecule has 0 aliphatic rings. The molecule has 2 aromatic rings. The van der Waals surface area contributed by atoms with Crippen molar-refractivity contribution in [1.29, 1.82) is 0 Å². The monoisotopic (exact) mass is 296 g/mol. The molecule has 1 heterocycles. The summed E-state index contributed by atoms with van der Waals surface area (Å²) in [6.45, 7) is 3.71. The lowest BCUT2D eigenvalue weighted by Crippen LogP contribution is -2.23. The van der Waals surface area contributed by atoms with Gasteiger partial charge in [0.25, 0.3) is 0 Å². The van der Waals surface area contributed by atoms with Crippen LogP contribution in [0.4, 0.5) is 5.82 Å². The quantitative estimate of drug-likeness (QED) is 0.833. The molecule has 0 saturated heterocycles. The molecule has 0 aliphatic heterocycles. The highest BCUT2D eigenvalue weighted by Crippen LogP contribution is 2.13. The highest BCUT2D eigenvalue weighted by molar-refractivity contribution is 5.72. The SMILES string of the molecule is CC(=O)NCn1nc(C)cc1/N=C\C/C=C/c1ccccc1. The Labute approximate surface area is 130 Å². The molecular weight excluding hydrogens is 276 g/mol. The predicted molar refractivity (Wildman–Crippen MR) is 89.0 cm³/mol. The van der Waals surface area contributed by atoms with Gasteiger partial charge in [-0.3, -0.25) is 4.79 Å². The van der Waals surface area contributed by atoms with Gasteiger partial charge >= 0.3 is 0 Å². The van der Waals surface area contributed by atoms with Gasteiger partial charge < -0.3 is 5.32 Å². The van der Waals surface area contributed by atoms with E-state index < -0.39 is 0 Å². The number of aromatic nitrogens is 2. The van der Waals surface area contributed by atoms with Crippen LogP contribution in [0.15, 0.2) is 47.5 Å². The number of carbonyl (C=O) groups is 1. The van der Waals surface area contributed by atoms with Gasteiger partial charge in [0, 0.05) is 25.6 Å². The molecule has 1 N–H and O–H groups in total. The van der Waals surface area contributed by atoms with Crippen LogP contribution in [-0.2, 0) is 11.5 Å². The van der Waals surface area contributed by atoms with E-state index in [1.54, 1.807) is 4.68 Å². The van der Waals surface area contributed by atoms with E-state index in [2.05, 4.69) is 39.7 Å². The molecule has 1 aromatic heterocycles. The Morgan fingerprint density at radius 1 is 1.36 bits per heavy atom. The summed E-state index contributed by atoms with van der Waals surface area (Å²) in [5.74, 6) is 0.647. The molecule has 0 unspecified atom stereocenters. The minimum atomic E-state index is -0.0890. The van der Waals surface area contributed by atoms with Gasteiger partial charge in [0.2, 0.25) is 5.91 Å². The first-order valence-corrected chi connectivity index (χ1v) is 7.18. The fourth-order valence-electron chi connectivity index (χ4n) is 1.91. The first-order valence-electron chi connectivity index (χ1n) is 7.18. The highest BCUT2D eigenvalue weighted by Gasteiger charge is 2.03. The molecule has 0 saturated carbocycles. The summed E-state index contributed by atoms with van der Waals surface area (Å²) in [6, 6.07) is 12.0. The van der Waals surface area contributed by atoms with Gasteiger partial charge in [-0.05, 0) is 12.5 Å². The van der Waals surface area contributed by atoms with Crippen LogP contribution in [-0.4, -0.2) is 21.9 Å². The molecular formula is C17H20N4O. The summed E-state index contributed by atoms with van der Waals surface area (Å²) in [7, 11) is 0. The number of rotatable bonds is 6. The second kappa shape index (κ2) is 7.93. The maximum absolute atomic E-state index is 11.0. The van der Waals surface area contributed by atoms with Crippen molar-refractivity contribution in [2.24, 2.45) is 4.99 Å². The predicted octanol–water partition coefficient (Wildman–Crippen LogP) is 3.09. The van der Waals surface area contributed by atoms with Crippen LogP contribution in [0.2, 0.25) is 0 Å². The minimum Gasteiger partial charge on any atom is -0.337 e. The van der Waals surface area contributed by atoms with E-state index in [0.717, 1.165) is 17.9 Å². The van der Waals surface area contributed by atoms with Crippen LogP contribution in [0, 0.1) is 6.92 Å². The standard InChI is InChI=1S/C17H20N4O/c1-14-12-17(21(20-14)13-19-15(2)22)18-11-7-6-10-16-8-4-3-5-9-16/h3-6,8-12H,7,13H2,1-2H3,(H,19,22)/b10-6+,18-11-. The number of allylic oxidation sites excluding steroid dienone is 1. The van der Waals surface area contributed by atoms with Gasteiger partial charge in [0.15, 0.2) is 5.82 Å². The van der Waals surface area contributed by atoms with Crippen LogP contribution in [0.3, 0.4) is 0 Å². The molecule has 2 rings (SSSR count). The zero-order valence-corrected chi connectivity index (χ0v) is 12.9. The number of hydrogen-bond acceptors (Lipinski definition) is 3. The van der Waals surface area contributed by atoms with E-state index in [0.29, 0.717) is 6.67 Å². The maximum Gasteiger partial charge on any atom is 0.218 e. The summed E-state index contributed by atoms with van der Waals surface area (Å²) >= 11 is 0. The Bertz CT molecular complexity index is 671. The number of benzene rings is 1. The van der Waals surface area contributed by atoms with Crippen molar-refractivity contribution in [3.05, 3.63) is 53.7 Å². The van der Waals surface area contributed by atoms with Gasteiger partial charge in [-0.25, -0.2) is 9.67 Å². The molecule has 114 valence electrons. The summed E-state index contributed by atoms with van der Waals surface area (Å²) in [5, 5.41) is 7.01. The third-order valence-corrected chi connectivity index (χ3v) is 2.93. The normalized spacial score (nSPS) is 11.4. The topological polar surface area (TPSA) is 59.3 Å². The molecule has 5 heteroatoms. The molecule has 0 radical (unpaired) electrons. The maximum atomic E-state index is 11.0. The summed E-state index contributed by atoms with van der Waals surface area (Å²) in [6.07, 6.45) is 6.69. The van der Waals surface area contributed by atoms with E-state index >= 15 is 0 Å². The van der Waals surface area contributed by atoms with E-state index in [9.17, 15) is 4.79 Å². The highest BCUT2D eigenvalue weighted by atomic mass is 16.1. The lowest BCUT2D eigenvalue weighted by Gasteiger charge is -2.03. The molecule has 0 bridgehead atoms. The number of carbonyl (C=O) groups excluding carboxylic acids is 1. The molecule has 5 nitrogen and oxygen atoms in total. The second-order valence-electron chi connectivity index (χ2n) is 4.89. The fraction of sp³-hybridized carbons (Fsp3) is 0.235. The third kappa shape index (κ3) is 5.01. The van der Waals surface area contributed by atoms with Gasteiger partial charge in [0.1, 0.15) is 6.67 Å². The van der Waals surface area contributed by atoms with Gasteiger partial charge in [-0.2, -0.15) is 5.10 Å². The molecule has 0 fully saturated rings. The van der Waals surface area contributed by atoms with Crippen molar-refractivity contribution < 1.29 is 4.79 Å². The molecule has 1 amide bonds. The zero-order valence-electron chi connectivity index (χ0n) is 12.9. The van der Waals surface area contributed by atoms with Crippen molar-refractivity contribution in [3.8, 4) is 0 Å². The van der Waals surface area contributed by atoms with E-state index in [1.807, 2.05) is 37.4 Å². The Morgan fingerprint density at radius 3 is 2.86 bits per heavy atom. The molecule has 1 aromatic carbocycles. The Balaban J connectivity index is 1.92. The van der Waals surface area contributed by atoms with Gasteiger partial charge in [-0.1, -0.05) is 42.5 Å². The van der Waals surface area contributed by atoms with Crippen molar-refractivity contribution >= 4 is 24.0 Å². The smallest absolute Gasteiger partial charge is 0.218 e. The van der Waals surface area contributed by atoms with Crippen LogP contribution < -0.4 is 5.32 Å². The lowest BCUT2D eigenvalue weighted by molar-refractivity contribution is -0.119. The third-order valence-electron chi connectivity index (χ3n) is 2.93. The van der Waals surface area contributed by atoms with Crippen LogP contribution in [0.1, 0.15) is 24.6 Å². The summed E-state index contributed by atoms with van der Waals surface area (Å²) in [4.78, 5) is 15.4. The summed E-state index contributed by atoms with van der Waals surface area (Å²) < 4.78 is 1.67. The second-order valence-corrected chi connectivity index (χ2v) is 4.89. The average Bonchev–Trinajstić information content (AvgIpc) is 2.86. The van der Waals surface area contributed by atoms with E-state index in [-0.39, 0.29) is 5.91 Å². The first kappa shape index (κ1) is 15.7. The largest absolute Gasteiger partial charge is 0.337 e. The van der Waals surface area contributed by atoms with Crippen molar-refractivity contribution in [2.75, 3.05) is 0 Å². The summed E-state index contributed by atoms with van der Waals surface area (Å²) in [5.41, 5.74) is 2.04. The number of hydrogen-bond donors (Lipinski definition) is 1. The molecule has 0 spiro atoms. The lowest BCUT2D eigenvalue weighted by atomic mass is 10.2. The van der Waals surface area contributed by atoms with Crippen molar-refractivity contribution in [2.45, 2.75) is 26.9 Å². The number of aryl methyl sites for hydroxylation is 1. The molecule has 22 heavy (non-hydrogen) atoms.